The van der Waals surface area contributed by atoms with E-state index < -0.39 is 6.10 Å². The highest BCUT2D eigenvalue weighted by Gasteiger charge is 2.22. The molecule has 0 aliphatic heterocycles. The molecule has 0 saturated heterocycles. The van der Waals surface area contributed by atoms with E-state index in [2.05, 4.69) is 6.08 Å². The van der Waals surface area contributed by atoms with Crippen LogP contribution in [0.25, 0.3) is 0 Å². The topological polar surface area (TPSA) is 47.9 Å². The molecule has 1 atom stereocenters. The quantitative estimate of drug-likeness (QED) is 0.831. The van der Waals surface area contributed by atoms with E-state index in [0.717, 1.165) is 24.8 Å². The average Bonchev–Trinajstić information content (AvgIpc) is 2.99. The van der Waals surface area contributed by atoms with Crippen molar-refractivity contribution in [2.24, 2.45) is 0 Å². The number of aliphatic hydroxyl groups is 1. The molecule has 4 nitrogen and oxygen atoms in total. The highest BCUT2D eigenvalue weighted by atomic mass is 16.5. The number of hydrogen-bond acceptors (Lipinski definition) is 4. The van der Waals surface area contributed by atoms with Crippen LogP contribution in [0.1, 0.15) is 30.9 Å². The Morgan fingerprint density at radius 3 is 2.16 bits per heavy atom. The highest BCUT2D eigenvalue weighted by Crippen LogP contribution is 2.41. The van der Waals surface area contributed by atoms with Gasteiger partial charge in [-0.15, -0.1) is 0 Å². The molecule has 0 aromatic heterocycles. The fraction of sp³-hybridized carbons (Fsp3) is 0.467. The first-order chi connectivity index (χ1) is 9.21. The van der Waals surface area contributed by atoms with Crippen LogP contribution in [0.3, 0.4) is 0 Å². The normalized spacial score (nSPS) is 15.9. The lowest BCUT2D eigenvalue weighted by Crippen LogP contribution is -2.04. The summed E-state index contributed by atoms with van der Waals surface area (Å²) in [7, 11) is 4.74. The molecule has 1 aliphatic rings. The number of ether oxygens (including phenoxy) is 3. The molecule has 0 amide bonds. The van der Waals surface area contributed by atoms with Gasteiger partial charge in [0.05, 0.1) is 21.3 Å². The molecule has 1 N–H and O–H groups in total. The number of benzene rings is 1. The van der Waals surface area contributed by atoms with E-state index in [-0.39, 0.29) is 0 Å². The smallest absolute Gasteiger partial charge is 0.164 e. The van der Waals surface area contributed by atoms with E-state index in [4.69, 9.17) is 14.2 Å². The summed E-state index contributed by atoms with van der Waals surface area (Å²) in [4.78, 5) is 0. The van der Waals surface area contributed by atoms with E-state index in [9.17, 15) is 5.11 Å². The number of hydrogen-bond donors (Lipinski definition) is 1. The van der Waals surface area contributed by atoms with Crippen LogP contribution in [0.5, 0.6) is 17.2 Å². The van der Waals surface area contributed by atoms with Gasteiger partial charge in [-0.25, -0.2) is 0 Å². The molecule has 0 bridgehead atoms. The van der Waals surface area contributed by atoms with Gasteiger partial charge in [-0.2, -0.15) is 0 Å². The van der Waals surface area contributed by atoms with Crippen molar-refractivity contribution in [2.75, 3.05) is 21.3 Å². The van der Waals surface area contributed by atoms with Crippen LogP contribution in [0, 0.1) is 0 Å². The summed E-state index contributed by atoms with van der Waals surface area (Å²) in [6, 6.07) is 3.52. The minimum Gasteiger partial charge on any atom is -0.496 e. The molecular weight excluding hydrogens is 244 g/mol. The maximum atomic E-state index is 10.5. The molecular formula is C15H20O4. The molecule has 0 heterocycles. The first-order valence-electron chi connectivity index (χ1n) is 6.38. The monoisotopic (exact) mass is 264 g/mol. The summed E-state index contributed by atoms with van der Waals surface area (Å²) < 4.78 is 15.9. The van der Waals surface area contributed by atoms with Crippen LogP contribution < -0.4 is 14.2 Å². The fourth-order valence-corrected chi connectivity index (χ4v) is 2.41. The van der Waals surface area contributed by atoms with Crippen LogP contribution in [0.4, 0.5) is 0 Å². The van der Waals surface area contributed by atoms with Crippen molar-refractivity contribution in [3.63, 3.8) is 0 Å². The number of aliphatic hydroxyl groups excluding tert-OH is 1. The molecule has 0 saturated carbocycles. The van der Waals surface area contributed by atoms with E-state index in [1.165, 1.54) is 0 Å². The minimum atomic E-state index is -0.641. The Hall–Kier alpha value is -1.68. The summed E-state index contributed by atoms with van der Waals surface area (Å²) in [6.45, 7) is 0. The van der Waals surface area contributed by atoms with Gasteiger partial charge in [0.25, 0.3) is 0 Å². The van der Waals surface area contributed by atoms with Crippen LogP contribution in [-0.2, 0) is 0 Å². The first kappa shape index (κ1) is 13.7. The molecule has 0 fully saturated rings. The van der Waals surface area contributed by atoms with Crippen molar-refractivity contribution in [2.45, 2.75) is 25.4 Å². The Balaban J connectivity index is 2.42. The van der Waals surface area contributed by atoms with Gasteiger partial charge in [0, 0.05) is 11.6 Å². The maximum absolute atomic E-state index is 10.5. The van der Waals surface area contributed by atoms with Crippen LogP contribution in [0.15, 0.2) is 23.8 Å². The number of allylic oxidation sites excluding steroid dienone is 1. The summed E-state index contributed by atoms with van der Waals surface area (Å²) in [5.74, 6) is 1.80. The van der Waals surface area contributed by atoms with Gasteiger partial charge in [-0.05, 0) is 30.9 Å². The average molecular weight is 264 g/mol. The number of rotatable bonds is 5. The predicted molar refractivity (Wildman–Crippen MR) is 73.0 cm³/mol. The van der Waals surface area contributed by atoms with Crippen LogP contribution in [0.2, 0.25) is 0 Å². The third-order valence-corrected chi connectivity index (χ3v) is 3.46. The SMILES string of the molecule is COc1cc(OC)c(C(O)C2=CCCC2)cc1OC. The molecule has 0 spiro atoms. The van der Waals surface area contributed by atoms with Crippen molar-refractivity contribution >= 4 is 0 Å². The third-order valence-electron chi connectivity index (χ3n) is 3.46. The van der Waals surface area contributed by atoms with Crippen molar-refractivity contribution in [3.05, 3.63) is 29.3 Å². The van der Waals surface area contributed by atoms with Crippen molar-refractivity contribution in [1.29, 1.82) is 0 Å². The largest absolute Gasteiger partial charge is 0.496 e. The van der Waals surface area contributed by atoms with E-state index in [1.54, 1.807) is 33.5 Å². The molecule has 1 aromatic carbocycles. The van der Waals surface area contributed by atoms with Crippen molar-refractivity contribution in [1.82, 2.24) is 0 Å². The lowest BCUT2D eigenvalue weighted by atomic mass is 9.99. The van der Waals surface area contributed by atoms with Crippen LogP contribution in [-0.4, -0.2) is 26.4 Å². The fourth-order valence-electron chi connectivity index (χ4n) is 2.41. The minimum absolute atomic E-state index is 0.593. The Morgan fingerprint density at radius 2 is 1.63 bits per heavy atom. The van der Waals surface area contributed by atoms with Gasteiger partial charge in [0.1, 0.15) is 11.9 Å². The zero-order valence-electron chi connectivity index (χ0n) is 11.6. The zero-order valence-corrected chi connectivity index (χ0v) is 11.6. The summed E-state index contributed by atoms with van der Waals surface area (Å²) >= 11 is 0. The van der Waals surface area contributed by atoms with Gasteiger partial charge >= 0.3 is 0 Å². The molecule has 4 heteroatoms. The van der Waals surface area contributed by atoms with Gasteiger partial charge < -0.3 is 19.3 Å². The van der Waals surface area contributed by atoms with Gasteiger partial charge in [-0.1, -0.05) is 6.08 Å². The molecule has 0 radical (unpaired) electrons. The highest BCUT2D eigenvalue weighted by molar-refractivity contribution is 5.53. The second-order valence-electron chi connectivity index (χ2n) is 4.52. The molecule has 19 heavy (non-hydrogen) atoms. The second-order valence-corrected chi connectivity index (χ2v) is 4.52. The third kappa shape index (κ3) is 2.68. The lowest BCUT2D eigenvalue weighted by Gasteiger charge is -2.18. The molecule has 104 valence electrons. The summed E-state index contributed by atoms with van der Waals surface area (Å²) in [5, 5.41) is 10.5. The van der Waals surface area contributed by atoms with E-state index >= 15 is 0 Å². The second kappa shape index (κ2) is 5.97. The molecule has 1 aromatic rings. The first-order valence-corrected chi connectivity index (χ1v) is 6.38. The van der Waals surface area contributed by atoms with E-state index in [1.807, 2.05) is 0 Å². The molecule has 2 rings (SSSR count). The van der Waals surface area contributed by atoms with Crippen molar-refractivity contribution < 1.29 is 19.3 Å². The molecule has 1 unspecified atom stereocenters. The molecule has 1 aliphatic carbocycles. The Labute approximate surface area is 113 Å². The Morgan fingerprint density at radius 1 is 1.00 bits per heavy atom. The standard InChI is InChI=1S/C15H20O4/c1-17-12-9-14(19-3)13(18-2)8-11(12)15(16)10-6-4-5-7-10/h6,8-9,15-16H,4-5,7H2,1-3H3. The van der Waals surface area contributed by atoms with Gasteiger partial charge in [-0.3, -0.25) is 0 Å². The number of methoxy groups -OCH3 is 3. The van der Waals surface area contributed by atoms with Crippen LogP contribution >= 0.6 is 0 Å². The van der Waals surface area contributed by atoms with Crippen molar-refractivity contribution in [3.8, 4) is 17.2 Å². The Bertz CT molecular complexity index is 479. The lowest BCUT2D eigenvalue weighted by molar-refractivity contribution is 0.206. The van der Waals surface area contributed by atoms with E-state index in [0.29, 0.717) is 22.8 Å². The predicted octanol–water partition coefficient (Wildman–Crippen LogP) is 2.86. The van der Waals surface area contributed by atoms with Gasteiger partial charge in [0.2, 0.25) is 0 Å². The summed E-state index contributed by atoms with van der Waals surface area (Å²) in [6.07, 6.45) is 4.51. The van der Waals surface area contributed by atoms with Gasteiger partial charge in [0.15, 0.2) is 11.5 Å². The summed E-state index contributed by atoms with van der Waals surface area (Å²) in [5.41, 5.74) is 1.76. The Kier molecular flexibility index (Phi) is 4.32. The zero-order chi connectivity index (χ0) is 13.8. The maximum Gasteiger partial charge on any atom is 0.164 e.